The molecule has 8 heteroatoms. The van der Waals surface area contributed by atoms with E-state index in [1.165, 1.54) is 6.07 Å². The minimum Gasteiger partial charge on any atom is -0.368 e. The highest BCUT2D eigenvalue weighted by Gasteiger charge is 2.46. The monoisotopic (exact) mass is 398 g/mol. The van der Waals surface area contributed by atoms with Gasteiger partial charge < -0.3 is 10.6 Å². The van der Waals surface area contributed by atoms with Crippen LogP contribution >= 0.6 is 0 Å². The molecule has 4 atom stereocenters. The van der Waals surface area contributed by atoms with E-state index < -0.39 is 11.7 Å². The normalized spacial score (nSPS) is 25.9. The Balaban J connectivity index is 1.68. The number of nitrogens with two attached hydrogens (primary N) is 1. The van der Waals surface area contributed by atoms with Crippen LogP contribution in [0.1, 0.15) is 44.6 Å². The maximum Gasteiger partial charge on any atom is 0.417 e. The molecular weight excluding hydrogens is 369 g/mol. The van der Waals surface area contributed by atoms with Gasteiger partial charge in [-0.25, -0.2) is 4.98 Å². The van der Waals surface area contributed by atoms with Crippen LogP contribution in [0.3, 0.4) is 0 Å². The first-order chi connectivity index (χ1) is 13.2. The lowest BCUT2D eigenvalue weighted by atomic mass is 9.95. The number of alkyl halides is 3. The molecule has 1 saturated heterocycles. The summed E-state index contributed by atoms with van der Waals surface area (Å²) in [6, 6.07) is 2.55. The number of fused-ring (bicyclic) bond motifs is 1. The second kappa shape index (κ2) is 8.27. The summed E-state index contributed by atoms with van der Waals surface area (Å²) in [6.07, 6.45) is 1.35. The van der Waals surface area contributed by atoms with E-state index in [4.69, 9.17) is 5.73 Å². The molecule has 1 amide bonds. The fraction of sp³-hybridized carbons (Fsp3) is 0.700. The minimum atomic E-state index is -4.37. The predicted octanol–water partition coefficient (Wildman–Crippen LogP) is 3.29. The van der Waals surface area contributed by atoms with E-state index in [2.05, 4.69) is 21.7 Å². The van der Waals surface area contributed by atoms with Crippen molar-refractivity contribution in [3.05, 3.63) is 23.9 Å². The lowest BCUT2D eigenvalue weighted by Gasteiger charge is -2.34. The van der Waals surface area contributed by atoms with Gasteiger partial charge in [-0.15, -0.1) is 0 Å². The second-order valence-corrected chi connectivity index (χ2v) is 8.10. The molecule has 28 heavy (non-hydrogen) atoms. The number of carbonyl (C=O) groups is 1. The summed E-state index contributed by atoms with van der Waals surface area (Å²) in [4.78, 5) is 20.2. The summed E-state index contributed by atoms with van der Waals surface area (Å²) in [7, 11) is 1.98. The molecule has 1 saturated carbocycles. The maximum absolute atomic E-state index is 12.8. The molecule has 0 bridgehead atoms. The molecule has 2 N–H and O–H groups in total. The van der Waals surface area contributed by atoms with Gasteiger partial charge in [0.2, 0.25) is 5.91 Å². The van der Waals surface area contributed by atoms with Gasteiger partial charge in [0.05, 0.1) is 11.6 Å². The predicted molar refractivity (Wildman–Crippen MR) is 102 cm³/mol. The fourth-order valence-corrected chi connectivity index (χ4v) is 4.85. The number of amides is 1. The average molecular weight is 398 g/mol. The topological polar surface area (TPSA) is 62.5 Å². The number of hydrogen-bond acceptors (Lipinski definition) is 4. The lowest BCUT2D eigenvalue weighted by molar-refractivity contribution is -0.137. The molecule has 1 aliphatic carbocycles. The molecule has 0 aromatic carbocycles. The minimum absolute atomic E-state index is 0.262. The number of rotatable bonds is 7. The molecule has 2 fully saturated rings. The van der Waals surface area contributed by atoms with E-state index in [1.807, 2.05) is 7.05 Å². The number of nitrogens with zero attached hydrogens (tertiary/aromatic N) is 3. The Hall–Kier alpha value is -1.83. The van der Waals surface area contributed by atoms with Gasteiger partial charge in [-0.2, -0.15) is 13.2 Å². The molecule has 0 spiro atoms. The van der Waals surface area contributed by atoms with E-state index in [1.54, 1.807) is 0 Å². The third-order valence-corrected chi connectivity index (χ3v) is 6.39. The van der Waals surface area contributed by atoms with Crippen molar-refractivity contribution in [3.8, 4) is 0 Å². The quantitative estimate of drug-likeness (QED) is 0.766. The molecule has 0 radical (unpaired) electrons. The van der Waals surface area contributed by atoms with Crippen LogP contribution in [0.4, 0.5) is 19.0 Å². The van der Waals surface area contributed by atoms with Crippen LogP contribution in [0.2, 0.25) is 0 Å². The second-order valence-electron chi connectivity index (χ2n) is 8.10. The highest BCUT2D eigenvalue weighted by atomic mass is 19.4. The summed E-state index contributed by atoms with van der Waals surface area (Å²) in [5.74, 6) is 1.15. The standard InChI is InChI=1S/C20H29F3N4O/c1-3-4-5-17(19(24)28)26(2)16-8-6-13-11-27(12-15(13)16)18-9-7-14(10-25-18)20(21,22)23/h7,9-10,13,15-17H,3-6,8,11-12H2,1-2H3,(H2,24,28)/t13-,15+,16+,17+/m1/s1. The lowest BCUT2D eigenvalue weighted by Crippen LogP contribution is -2.49. The highest BCUT2D eigenvalue weighted by molar-refractivity contribution is 5.79. The number of likely N-dealkylation sites (N-methyl/N-ethyl adjacent to an activating group) is 1. The number of hydrogen-bond donors (Lipinski definition) is 1. The van der Waals surface area contributed by atoms with Crippen molar-refractivity contribution in [1.29, 1.82) is 0 Å². The zero-order chi connectivity index (χ0) is 20.5. The first kappa shape index (κ1) is 20.9. The summed E-state index contributed by atoms with van der Waals surface area (Å²) >= 11 is 0. The largest absolute Gasteiger partial charge is 0.417 e. The van der Waals surface area contributed by atoms with Crippen LogP contribution in [-0.2, 0) is 11.0 Å². The van der Waals surface area contributed by atoms with Gasteiger partial charge in [-0.05, 0) is 50.3 Å². The van der Waals surface area contributed by atoms with Gasteiger partial charge in [0.25, 0.3) is 0 Å². The van der Waals surface area contributed by atoms with Crippen LogP contribution in [0.15, 0.2) is 18.3 Å². The Morgan fingerprint density at radius 3 is 2.68 bits per heavy atom. The first-order valence-corrected chi connectivity index (χ1v) is 10.0. The molecule has 2 aliphatic rings. The third-order valence-electron chi connectivity index (χ3n) is 6.39. The first-order valence-electron chi connectivity index (χ1n) is 10.0. The summed E-state index contributed by atoms with van der Waals surface area (Å²) in [5.41, 5.74) is 4.93. The summed E-state index contributed by atoms with van der Waals surface area (Å²) < 4.78 is 38.3. The van der Waals surface area contributed by atoms with Gasteiger partial charge in [0.1, 0.15) is 5.82 Å². The van der Waals surface area contributed by atoms with E-state index >= 15 is 0 Å². The molecule has 2 heterocycles. The van der Waals surface area contributed by atoms with Crippen LogP contribution in [-0.4, -0.2) is 48.0 Å². The molecule has 1 aliphatic heterocycles. The van der Waals surface area contributed by atoms with Crippen LogP contribution in [0, 0.1) is 11.8 Å². The molecule has 1 aromatic rings. The zero-order valence-electron chi connectivity index (χ0n) is 16.5. The SMILES string of the molecule is CCCC[C@@H](C(N)=O)N(C)[C@H]1CC[C@@H]2CN(c3ccc(C(F)(F)F)cn3)C[C@@H]21. The number of pyridine rings is 1. The number of primary amides is 1. The molecule has 156 valence electrons. The van der Waals surface area contributed by atoms with Crippen LogP contribution < -0.4 is 10.6 Å². The van der Waals surface area contributed by atoms with E-state index in [0.29, 0.717) is 17.7 Å². The Bertz CT molecular complexity index is 679. The van der Waals surface area contributed by atoms with E-state index in [0.717, 1.165) is 57.5 Å². The van der Waals surface area contributed by atoms with Crippen molar-refractivity contribution in [2.45, 2.75) is 57.3 Å². The summed E-state index contributed by atoms with van der Waals surface area (Å²) in [5, 5.41) is 0. The molecule has 3 rings (SSSR count). The zero-order valence-corrected chi connectivity index (χ0v) is 16.5. The Kier molecular flexibility index (Phi) is 6.17. The van der Waals surface area contributed by atoms with Gasteiger partial charge in [0, 0.05) is 25.3 Å². The smallest absolute Gasteiger partial charge is 0.368 e. The van der Waals surface area contributed by atoms with Crippen molar-refractivity contribution in [2.75, 3.05) is 25.0 Å². The van der Waals surface area contributed by atoms with Gasteiger partial charge in [-0.1, -0.05) is 19.8 Å². The maximum atomic E-state index is 12.8. The molecule has 1 aromatic heterocycles. The highest BCUT2D eigenvalue weighted by Crippen LogP contribution is 2.42. The number of aromatic nitrogens is 1. The van der Waals surface area contributed by atoms with Gasteiger partial charge in [0.15, 0.2) is 0 Å². The Morgan fingerprint density at radius 1 is 1.36 bits per heavy atom. The number of unbranched alkanes of at least 4 members (excludes halogenated alkanes) is 1. The van der Waals surface area contributed by atoms with Crippen LogP contribution in [0.25, 0.3) is 0 Å². The average Bonchev–Trinajstić information content (AvgIpc) is 3.21. The van der Waals surface area contributed by atoms with Gasteiger partial charge in [-0.3, -0.25) is 9.69 Å². The molecule has 5 nitrogen and oxygen atoms in total. The Labute approximate surface area is 164 Å². The van der Waals surface area contributed by atoms with Crippen molar-refractivity contribution in [2.24, 2.45) is 17.6 Å². The number of anilines is 1. The third kappa shape index (κ3) is 4.26. The Morgan fingerprint density at radius 2 is 2.11 bits per heavy atom. The molecular formula is C20H29F3N4O. The summed E-state index contributed by atoms with van der Waals surface area (Å²) in [6.45, 7) is 3.64. The van der Waals surface area contributed by atoms with E-state index in [-0.39, 0.29) is 18.0 Å². The molecule has 0 unspecified atom stereocenters. The van der Waals surface area contributed by atoms with Crippen molar-refractivity contribution in [3.63, 3.8) is 0 Å². The van der Waals surface area contributed by atoms with E-state index in [9.17, 15) is 18.0 Å². The number of carbonyl (C=O) groups excluding carboxylic acids is 1. The van der Waals surface area contributed by atoms with Crippen molar-refractivity contribution in [1.82, 2.24) is 9.88 Å². The van der Waals surface area contributed by atoms with Crippen molar-refractivity contribution >= 4 is 11.7 Å². The number of halogens is 3. The van der Waals surface area contributed by atoms with Gasteiger partial charge >= 0.3 is 6.18 Å². The van der Waals surface area contributed by atoms with Crippen LogP contribution in [0.5, 0.6) is 0 Å². The van der Waals surface area contributed by atoms with Crippen molar-refractivity contribution < 1.29 is 18.0 Å². The fourth-order valence-electron chi connectivity index (χ4n) is 4.85.